The van der Waals surface area contributed by atoms with Gasteiger partial charge in [0.05, 0.1) is 6.33 Å². The second-order valence-corrected chi connectivity index (χ2v) is 4.23. The zero-order valence-corrected chi connectivity index (χ0v) is 10.5. The number of carboxylic acids is 1. The van der Waals surface area contributed by atoms with Gasteiger partial charge in [0.1, 0.15) is 0 Å². The van der Waals surface area contributed by atoms with Crippen molar-refractivity contribution in [2.45, 2.75) is 32.7 Å². The number of hydrogen-bond acceptors (Lipinski definition) is 3. The fraction of sp³-hybridized carbons (Fsp3) is 0.583. The molecule has 0 aliphatic carbocycles. The van der Waals surface area contributed by atoms with Gasteiger partial charge < -0.3 is 15.0 Å². The van der Waals surface area contributed by atoms with Crippen molar-refractivity contribution in [2.75, 3.05) is 6.54 Å². The first-order valence-corrected chi connectivity index (χ1v) is 6.06. The number of hydrogen-bond donors (Lipinski definition) is 2. The van der Waals surface area contributed by atoms with Crippen LogP contribution in [0.1, 0.15) is 26.2 Å². The molecule has 0 fully saturated rings. The van der Waals surface area contributed by atoms with Gasteiger partial charge in [0.2, 0.25) is 5.91 Å². The van der Waals surface area contributed by atoms with E-state index in [1.165, 1.54) is 0 Å². The summed E-state index contributed by atoms with van der Waals surface area (Å²) in [5.74, 6) is -0.887. The van der Waals surface area contributed by atoms with Gasteiger partial charge in [-0.1, -0.05) is 13.3 Å². The Labute approximate surface area is 106 Å². The van der Waals surface area contributed by atoms with Crippen molar-refractivity contribution >= 4 is 11.9 Å². The second-order valence-electron chi connectivity index (χ2n) is 4.23. The zero-order chi connectivity index (χ0) is 13.4. The standard InChI is InChI=1S/C12H19N3O3/c1-2-10(7-12(17)18)8-14-11(16)3-5-15-6-4-13-9-15/h4,6,9-10H,2-3,5,7-8H2,1H3,(H,14,16)(H,17,18). The Kier molecular flexibility index (Phi) is 5.90. The van der Waals surface area contributed by atoms with E-state index in [4.69, 9.17) is 5.11 Å². The molecule has 18 heavy (non-hydrogen) atoms. The van der Waals surface area contributed by atoms with Gasteiger partial charge in [-0.3, -0.25) is 9.59 Å². The number of carbonyl (C=O) groups excluding carboxylic acids is 1. The molecule has 0 saturated heterocycles. The minimum absolute atomic E-state index is 0.000282. The molecule has 6 nitrogen and oxygen atoms in total. The summed E-state index contributed by atoms with van der Waals surface area (Å²) in [4.78, 5) is 26.0. The van der Waals surface area contributed by atoms with Crippen molar-refractivity contribution in [2.24, 2.45) is 5.92 Å². The first-order valence-electron chi connectivity index (χ1n) is 6.06. The molecule has 100 valence electrons. The van der Waals surface area contributed by atoms with Crippen molar-refractivity contribution in [3.05, 3.63) is 18.7 Å². The molecule has 1 atom stereocenters. The van der Waals surface area contributed by atoms with Gasteiger partial charge in [0.15, 0.2) is 0 Å². The van der Waals surface area contributed by atoms with Crippen molar-refractivity contribution in [3.8, 4) is 0 Å². The van der Waals surface area contributed by atoms with E-state index in [0.29, 0.717) is 19.5 Å². The molecule has 6 heteroatoms. The van der Waals surface area contributed by atoms with Gasteiger partial charge in [-0.15, -0.1) is 0 Å². The summed E-state index contributed by atoms with van der Waals surface area (Å²) in [5.41, 5.74) is 0. The van der Waals surface area contributed by atoms with Crippen LogP contribution in [-0.4, -0.2) is 33.1 Å². The Morgan fingerprint density at radius 1 is 1.50 bits per heavy atom. The number of aliphatic carboxylic acids is 1. The normalized spacial score (nSPS) is 12.1. The zero-order valence-electron chi connectivity index (χ0n) is 10.5. The molecule has 1 aromatic rings. The SMILES string of the molecule is CCC(CNC(=O)CCn1ccnc1)CC(=O)O. The topological polar surface area (TPSA) is 84.2 Å². The second kappa shape index (κ2) is 7.47. The van der Waals surface area contributed by atoms with E-state index < -0.39 is 5.97 Å². The fourth-order valence-electron chi connectivity index (χ4n) is 1.60. The summed E-state index contributed by atoms with van der Waals surface area (Å²) in [6, 6.07) is 0. The van der Waals surface area contributed by atoms with Crippen molar-refractivity contribution in [1.29, 1.82) is 0 Å². The molecule has 0 radical (unpaired) electrons. The van der Waals surface area contributed by atoms with Crippen molar-refractivity contribution < 1.29 is 14.7 Å². The third kappa shape index (κ3) is 5.47. The molecule has 0 spiro atoms. The highest BCUT2D eigenvalue weighted by molar-refractivity contribution is 5.75. The number of imidazole rings is 1. The first-order chi connectivity index (χ1) is 8.61. The van der Waals surface area contributed by atoms with Gasteiger partial charge in [0.25, 0.3) is 0 Å². The highest BCUT2D eigenvalue weighted by Crippen LogP contribution is 2.06. The Hall–Kier alpha value is -1.85. The Balaban J connectivity index is 2.21. The Bertz CT molecular complexity index is 376. The Morgan fingerprint density at radius 2 is 2.28 bits per heavy atom. The van der Waals surface area contributed by atoms with Crippen LogP contribution in [0.25, 0.3) is 0 Å². The minimum Gasteiger partial charge on any atom is -0.481 e. The molecule has 1 aromatic heterocycles. The number of rotatable bonds is 8. The number of carbonyl (C=O) groups is 2. The maximum Gasteiger partial charge on any atom is 0.303 e. The van der Waals surface area contributed by atoms with Gasteiger partial charge >= 0.3 is 5.97 Å². The van der Waals surface area contributed by atoms with Crippen molar-refractivity contribution in [1.82, 2.24) is 14.9 Å². The van der Waals surface area contributed by atoms with Gasteiger partial charge in [-0.05, 0) is 5.92 Å². The van der Waals surface area contributed by atoms with Crippen LogP contribution in [0.4, 0.5) is 0 Å². The molecular formula is C12H19N3O3. The summed E-state index contributed by atoms with van der Waals surface area (Å²) in [7, 11) is 0. The summed E-state index contributed by atoms with van der Waals surface area (Å²) < 4.78 is 1.83. The van der Waals surface area contributed by atoms with Gasteiger partial charge in [0, 0.05) is 38.3 Å². The predicted octanol–water partition coefficient (Wildman–Crippen LogP) is 0.890. The molecule has 0 bridgehead atoms. The van der Waals surface area contributed by atoms with Crippen LogP contribution in [0.2, 0.25) is 0 Å². The van der Waals surface area contributed by atoms with Gasteiger partial charge in [-0.25, -0.2) is 4.98 Å². The van der Waals surface area contributed by atoms with Crippen LogP contribution >= 0.6 is 0 Å². The molecule has 1 unspecified atom stereocenters. The maximum absolute atomic E-state index is 11.6. The molecule has 2 N–H and O–H groups in total. The number of aromatic nitrogens is 2. The van der Waals surface area contributed by atoms with E-state index >= 15 is 0 Å². The number of carboxylic acid groups (broad SMARTS) is 1. The van der Waals surface area contributed by atoms with Crippen LogP contribution < -0.4 is 5.32 Å². The highest BCUT2D eigenvalue weighted by Gasteiger charge is 2.12. The summed E-state index contributed by atoms with van der Waals surface area (Å²) in [6.45, 7) is 2.93. The third-order valence-electron chi connectivity index (χ3n) is 2.78. The number of amides is 1. The quantitative estimate of drug-likeness (QED) is 0.720. The minimum atomic E-state index is -0.825. The van der Waals surface area contributed by atoms with Crippen LogP contribution in [0, 0.1) is 5.92 Å². The number of nitrogens with one attached hydrogen (secondary N) is 1. The van der Waals surface area contributed by atoms with Crippen LogP contribution in [0.5, 0.6) is 0 Å². The molecule has 1 heterocycles. The van der Waals surface area contributed by atoms with E-state index in [1.54, 1.807) is 18.7 Å². The van der Waals surface area contributed by atoms with Crippen LogP contribution in [0.3, 0.4) is 0 Å². The van der Waals surface area contributed by atoms with E-state index in [2.05, 4.69) is 10.3 Å². The van der Waals surface area contributed by atoms with E-state index in [1.807, 2.05) is 11.5 Å². The average Bonchev–Trinajstić information content (AvgIpc) is 2.84. The maximum atomic E-state index is 11.6. The molecule has 1 amide bonds. The van der Waals surface area contributed by atoms with Crippen molar-refractivity contribution in [3.63, 3.8) is 0 Å². The highest BCUT2D eigenvalue weighted by atomic mass is 16.4. The molecule has 0 saturated carbocycles. The summed E-state index contributed by atoms with van der Waals surface area (Å²) >= 11 is 0. The van der Waals surface area contributed by atoms with E-state index in [9.17, 15) is 9.59 Å². The summed E-state index contributed by atoms with van der Waals surface area (Å²) in [6.07, 6.45) is 6.34. The molecule has 0 aliphatic rings. The molecule has 0 aliphatic heterocycles. The molecular weight excluding hydrogens is 234 g/mol. The third-order valence-corrected chi connectivity index (χ3v) is 2.78. The molecule has 1 rings (SSSR count). The van der Waals surface area contributed by atoms with Crippen LogP contribution in [0.15, 0.2) is 18.7 Å². The lowest BCUT2D eigenvalue weighted by Crippen LogP contribution is -2.30. The number of aryl methyl sites for hydroxylation is 1. The lowest BCUT2D eigenvalue weighted by molar-refractivity contribution is -0.138. The Morgan fingerprint density at radius 3 is 2.83 bits per heavy atom. The smallest absolute Gasteiger partial charge is 0.303 e. The lowest BCUT2D eigenvalue weighted by Gasteiger charge is -2.13. The summed E-state index contributed by atoms with van der Waals surface area (Å²) in [5, 5.41) is 11.5. The number of nitrogens with zero attached hydrogens (tertiary/aromatic N) is 2. The monoisotopic (exact) mass is 253 g/mol. The molecule has 0 aromatic carbocycles. The lowest BCUT2D eigenvalue weighted by atomic mass is 10.0. The van der Waals surface area contributed by atoms with E-state index in [0.717, 1.165) is 6.42 Å². The van der Waals surface area contributed by atoms with Gasteiger partial charge in [-0.2, -0.15) is 0 Å². The van der Waals surface area contributed by atoms with Crippen LogP contribution in [-0.2, 0) is 16.1 Å². The largest absolute Gasteiger partial charge is 0.481 e. The van der Waals surface area contributed by atoms with E-state index in [-0.39, 0.29) is 18.2 Å². The fourth-order valence-corrected chi connectivity index (χ4v) is 1.60. The predicted molar refractivity (Wildman–Crippen MR) is 65.9 cm³/mol. The average molecular weight is 253 g/mol. The first kappa shape index (κ1) is 14.2.